The van der Waals surface area contributed by atoms with Gasteiger partial charge in [0.25, 0.3) is 0 Å². The molecule has 2 aromatic rings. The van der Waals surface area contributed by atoms with Crippen molar-refractivity contribution in [2.45, 2.75) is 12.5 Å². The molecule has 1 atom stereocenters. The zero-order valence-electron chi connectivity index (χ0n) is 8.31. The minimum Gasteiger partial charge on any atom is -0.491 e. The lowest BCUT2D eigenvalue weighted by Gasteiger charge is -2.23. The molecule has 1 aromatic carbocycles. The third-order valence-corrected chi connectivity index (χ3v) is 2.74. The van der Waals surface area contributed by atoms with Crippen molar-refractivity contribution < 1.29 is 4.74 Å². The molecule has 0 saturated carbocycles. The fourth-order valence-electron chi connectivity index (χ4n) is 2.03. The second kappa shape index (κ2) is 3.21. The van der Waals surface area contributed by atoms with Crippen molar-refractivity contribution in [1.82, 2.24) is 4.98 Å². The number of fused-ring (bicyclic) bond motifs is 3. The number of hydrogen-bond donors (Lipinski definition) is 1. The fraction of sp³-hybridized carbons (Fsp3) is 0.250. The molecule has 1 aliphatic heterocycles. The van der Waals surface area contributed by atoms with Crippen molar-refractivity contribution in [3.05, 3.63) is 36.0 Å². The molecule has 76 valence electrons. The molecular formula is C12H12N2O. The molecule has 0 unspecified atom stereocenters. The normalized spacial score (nSPS) is 19.7. The van der Waals surface area contributed by atoms with Crippen LogP contribution in [0.3, 0.4) is 0 Å². The third kappa shape index (κ3) is 1.36. The Balaban J connectivity index is 2.25. The molecule has 0 aliphatic carbocycles. The van der Waals surface area contributed by atoms with Crippen LogP contribution in [0.4, 0.5) is 0 Å². The Morgan fingerprint density at radius 2 is 2.27 bits per heavy atom. The Bertz CT molecular complexity index is 510. The first-order valence-electron chi connectivity index (χ1n) is 5.09. The number of ether oxygens (including phenoxy) is 1. The van der Waals surface area contributed by atoms with Gasteiger partial charge in [-0.2, -0.15) is 0 Å². The molecule has 0 fully saturated rings. The fourth-order valence-corrected chi connectivity index (χ4v) is 2.03. The van der Waals surface area contributed by atoms with Gasteiger partial charge < -0.3 is 10.5 Å². The van der Waals surface area contributed by atoms with Gasteiger partial charge in [-0.25, -0.2) is 0 Å². The minimum atomic E-state index is 0.117. The number of pyridine rings is 1. The lowest BCUT2D eigenvalue weighted by molar-refractivity contribution is 0.267. The lowest BCUT2D eigenvalue weighted by Crippen LogP contribution is -2.33. The Morgan fingerprint density at radius 3 is 3.20 bits per heavy atom. The standard InChI is InChI=1S/C12H12N2O/c13-9-6-8-3-4-11-10(2-1-5-14-11)12(8)15-7-9/h1-5,9H,6-7,13H2/t9-/m1/s1. The van der Waals surface area contributed by atoms with Gasteiger partial charge in [0.05, 0.1) is 5.52 Å². The van der Waals surface area contributed by atoms with Crippen LogP contribution in [0.25, 0.3) is 10.9 Å². The van der Waals surface area contributed by atoms with E-state index in [4.69, 9.17) is 10.5 Å². The SMILES string of the molecule is N[C@H]1COc2c(ccc3ncccc23)C1. The van der Waals surface area contributed by atoms with Crippen molar-refractivity contribution in [2.75, 3.05) is 6.61 Å². The number of nitrogens with zero attached hydrogens (tertiary/aromatic N) is 1. The van der Waals surface area contributed by atoms with Crippen molar-refractivity contribution in [3.63, 3.8) is 0 Å². The topological polar surface area (TPSA) is 48.1 Å². The van der Waals surface area contributed by atoms with Crippen molar-refractivity contribution in [2.24, 2.45) is 5.73 Å². The molecule has 0 saturated heterocycles. The van der Waals surface area contributed by atoms with Gasteiger partial charge in [-0.3, -0.25) is 4.98 Å². The molecule has 2 heterocycles. The van der Waals surface area contributed by atoms with E-state index in [0.29, 0.717) is 6.61 Å². The van der Waals surface area contributed by atoms with Gasteiger partial charge >= 0.3 is 0 Å². The molecule has 2 N–H and O–H groups in total. The maximum Gasteiger partial charge on any atom is 0.132 e. The van der Waals surface area contributed by atoms with Gasteiger partial charge in [-0.1, -0.05) is 6.07 Å². The van der Waals surface area contributed by atoms with Gasteiger partial charge in [0.15, 0.2) is 0 Å². The highest BCUT2D eigenvalue weighted by atomic mass is 16.5. The van der Waals surface area contributed by atoms with E-state index in [9.17, 15) is 0 Å². The Labute approximate surface area is 87.9 Å². The molecule has 0 radical (unpaired) electrons. The minimum absolute atomic E-state index is 0.117. The molecular weight excluding hydrogens is 188 g/mol. The van der Waals surface area contributed by atoms with Crippen LogP contribution in [-0.2, 0) is 6.42 Å². The van der Waals surface area contributed by atoms with Gasteiger partial charge in [0, 0.05) is 17.6 Å². The van der Waals surface area contributed by atoms with Gasteiger partial charge in [-0.15, -0.1) is 0 Å². The van der Waals surface area contributed by atoms with Crippen LogP contribution in [0.2, 0.25) is 0 Å². The molecule has 0 bridgehead atoms. The summed E-state index contributed by atoms with van der Waals surface area (Å²) >= 11 is 0. The second-order valence-electron chi connectivity index (χ2n) is 3.90. The first-order chi connectivity index (χ1) is 7.34. The summed E-state index contributed by atoms with van der Waals surface area (Å²) in [7, 11) is 0. The highest BCUT2D eigenvalue weighted by Crippen LogP contribution is 2.31. The zero-order chi connectivity index (χ0) is 10.3. The van der Waals surface area contributed by atoms with Crippen LogP contribution in [0.15, 0.2) is 30.5 Å². The molecule has 1 aliphatic rings. The molecule has 1 aromatic heterocycles. The highest BCUT2D eigenvalue weighted by Gasteiger charge is 2.18. The van der Waals surface area contributed by atoms with E-state index in [0.717, 1.165) is 23.1 Å². The molecule has 15 heavy (non-hydrogen) atoms. The summed E-state index contributed by atoms with van der Waals surface area (Å²) in [5, 5.41) is 1.09. The summed E-state index contributed by atoms with van der Waals surface area (Å²) in [4.78, 5) is 4.30. The summed E-state index contributed by atoms with van der Waals surface area (Å²) in [5.41, 5.74) is 8.02. The van der Waals surface area contributed by atoms with Gasteiger partial charge in [-0.05, 0) is 30.2 Å². The van der Waals surface area contributed by atoms with E-state index >= 15 is 0 Å². The summed E-state index contributed by atoms with van der Waals surface area (Å²) in [6.07, 6.45) is 2.68. The van der Waals surface area contributed by atoms with E-state index in [1.807, 2.05) is 18.2 Å². The molecule has 0 amide bonds. The predicted molar refractivity (Wildman–Crippen MR) is 58.9 cm³/mol. The average Bonchev–Trinajstić information content (AvgIpc) is 2.28. The van der Waals surface area contributed by atoms with Crippen LogP contribution in [0, 0.1) is 0 Å². The Hall–Kier alpha value is -1.61. The number of rotatable bonds is 0. The summed E-state index contributed by atoms with van der Waals surface area (Å²) in [6.45, 7) is 0.598. The zero-order valence-corrected chi connectivity index (χ0v) is 8.31. The third-order valence-electron chi connectivity index (χ3n) is 2.74. The van der Waals surface area contributed by atoms with Crippen molar-refractivity contribution in [1.29, 1.82) is 0 Å². The van der Waals surface area contributed by atoms with Crippen LogP contribution in [0.5, 0.6) is 5.75 Å². The predicted octanol–water partition coefficient (Wildman–Crippen LogP) is 1.50. The van der Waals surface area contributed by atoms with E-state index in [2.05, 4.69) is 11.1 Å². The van der Waals surface area contributed by atoms with Crippen molar-refractivity contribution >= 4 is 10.9 Å². The first-order valence-corrected chi connectivity index (χ1v) is 5.09. The monoisotopic (exact) mass is 200 g/mol. The molecule has 3 nitrogen and oxygen atoms in total. The highest BCUT2D eigenvalue weighted by molar-refractivity contribution is 5.86. The number of benzene rings is 1. The Kier molecular flexibility index (Phi) is 1.86. The van der Waals surface area contributed by atoms with Crippen LogP contribution < -0.4 is 10.5 Å². The van der Waals surface area contributed by atoms with Gasteiger partial charge in [0.2, 0.25) is 0 Å². The quantitative estimate of drug-likeness (QED) is 0.701. The van der Waals surface area contributed by atoms with Crippen LogP contribution in [0.1, 0.15) is 5.56 Å². The van der Waals surface area contributed by atoms with E-state index in [-0.39, 0.29) is 6.04 Å². The first kappa shape index (κ1) is 8.68. The van der Waals surface area contributed by atoms with Gasteiger partial charge in [0.1, 0.15) is 12.4 Å². The summed E-state index contributed by atoms with van der Waals surface area (Å²) < 4.78 is 5.68. The van der Waals surface area contributed by atoms with Crippen LogP contribution in [-0.4, -0.2) is 17.6 Å². The van der Waals surface area contributed by atoms with Crippen LogP contribution >= 0.6 is 0 Å². The molecule has 0 spiro atoms. The van der Waals surface area contributed by atoms with E-state index in [1.165, 1.54) is 5.56 Å². The second-order valence-corrected chi connectivity index (χ2v) is 3.90. The van der Waals surface area contributed by atoms with E-state index < -0.39 is 0 Å². The van der Waals surface area contributed by atoms with Crippen molar-refractivity contribution in [3.8, 4) is 5.75 Å². The summed E-state index contributed by atoms with van der Waals surface area (Å²) in [5.74, 6) is 0.960. The lowest BCUT2D eigenvalue weighted by atomic mass is 10.0. The summed E-state index contributed by atoms with van der Waals surface area (Å²) in [6, 6.07) is 8.17. The largest absolute Gasteiger partial charge is 0.491 e. The molecule has 3 rings (SSSR count). The molecule has 3 heteroatoms. The Morgan fingerprint density at radius 1 is 1.33 bits per heavy atom. The number of aromatic nitrogens is 1. The smallest absolute Gasteiger partial charge is 0.132 e. The maximum atomic E-state index is 5.85. The van der Waals surface area contributed by atoms with E-state index in [1.54, 1.807) is 6.20 Å². The number of hydrogen-bond acceptors (Lipinski definition) is 3. The maximum absolute atomic E-state index is 5.85. The average molecular weight is 200 g/mol. The number of nitrogens with two attached hydrogens (primary N) is 1.